The van der Waals surface area contributed by atoms with E-state index in [4.69, 9.17) is 15.0 Å². The Bertz CT molecular complexity index is 743. The van der Waals surface area contributed by atoms with Gasteiger partial charge in [0.25, 0.3) is 5.91 Å². The van der Waals surface area contributed by atoms with Crippen LogP contribution >= 0.6 is 12.4 Å². The van der Waals surface area contributed by atoms with Gasteiger partial charge in [-0.3, -0.25) is 4.79 Å². The van der Waals surface area contributed by atoms with Crippen LogP contribution in [-0.4, -0.2) is 35.1 Å². The number of benzene rings is 1. The predicted octanol–water partition coefficient (Wildman–Crippen LogP) is 3.10. The fraction of sp³-hybridized carbons (Fsp3) is 0.474. The summed E-state index contributed by atoms with van der Waals surface area (Å²) in [6.45, 7) is 7.54. The maximum Gasteiger partial charge on any atom is 0.254 e. The number of halogens is 1. The molecule has 0 saturated carbocycles. The van der Waals surface area contributed by atoms with Gasteiger partial charge in [-0.05, 0) is 57.9 Å². The second kappa shape index (κ2) is 8.56. The lowest BCUT2D eigenvalue weighted by Crippen LogP contribution is -2.34. The van der Waals surface area contributed by atoms with Gasteiger partial charge >= 0.3 is 0 Å². The zero-order valence-corrected chi connectivity index (χ0v) is 16.2. The number of likely N-dealkylation sites (tertiary alicyclic amines) is 1. The molecule has 7 heteroatoms. The Labute approximate surface area is 160 Å². The van der Waals surface area contributed by atoms with Crippen molar-refractivity contribution in [1.82, 2.24) is 10.1 Å². The van der Waals surface area contributed by atoms with Gasteiger partial charge in [0.1, 0.15) is 18.1 Å². The van der Waals surface area contributed by atoms with E-state index in [1.807, 2.05) is 36.9 Å². The third-order valence-electron chi connectivity index (χ3n) is 4.90. The molecule has 1 saturated heterocycles. The number of amides is 1. The van der Waals surface area contributed by atoms with Crippen LogP contribution in [0.3, 0.4) is 0 Å². The third kappa shape index (κ3) is 4.19. The Morgan fingerprint density at radius 1 is 1.42 bits per heavy atom. The molecule has 0 aliphatic carbocycles. The van der Waals surface area contributed by atoms with Crippen molar-refractivity contribution in [2.75, 3.05) is 13.1 Å². The average Bonchev–Trinajstić information content (AvgIpc) is 3.15. The van der Waals surface area contributed by atoms with Gasteiger partial charge in [0, 0.05) is 18.2 Å². The Hall–Kier alpha value is -2.05. The van der Waals surface area contributed by atoms with E-state index in [0.717, 1.165) is 30.0 Å². The Kier molecular flexibility index (Phi) is 6.67. The van der Waals surface area contributed by atoms with Gasteiger partial charge in [-0.25, -0.2) is 0 Å². The van der Waals surface area contributed by atoms with Crippen molar-refractivity contribution in [3.8, 4) is 5.75 Å². The smallest absolute Gasteiger partial charge is 0.254 e. The molecule has 0 spiro atoms. The number of rotatable bonds is 5. The molecule has 3 rings (SSSR count). The number of ether oxygens (including phenoxy) is 1. The highest BCUT2D eigenvalue weighted by atomic mass is 35.5. The van der Waals surface area contributed by atoms with E-state index in [0.29, 0.717) is 30.4 Å². The second-order valence-corrected chi connectivity index (χ2v) is 6.76. The number of hydrogen-bond acceptors (Lipinski definition) is 5. The highest BCUT2D eigenvalue weighted by Crippen LogP contribution is 2.25. The normalized spacial score (nSPS) is 19.3. The van der Waals surface area contributed by atoms with E-state index in [2.05, 4.69) is 12.1 Å². The number of aryl methyl sites for hydroxylation is 2. The summed E-state index contributed by atoms with van der Waals surface area (Å²) in [4.78, 5) is 14.7. The summed E-state index contributed by atoms with van der Waals surface area (Å²) in [5.41, 5.74) is 8.16. The number of nitrogens with zero attached hydrogens (tertiary/aromatic N) is 2. The Balaban J connectivity index is 0.00000243. The quantitative estimate of drug-likeness (QED) is 0.863. The van der Waals surface area contributed by atoms with Crippen molar-refractivity contribution in [1.29, 1.82) is 0 Å². The van der Waals surface area contributed by atoms with Crippen molar-refractivity contribution in [2.45, 2.75) is 39.8 Å². The molecular formula is C19H26ClN3O3. The minimum atomic E-state index is 0. The lowest BCUT2D eigenvalue weighted by atomic mass is 10.1. The van der Waals surface area contributed by atoms with Crippen LogP contribution in [0.25, 0.3) is 0 Å². The molecule has 0 bridgehead atoms. The van der Waals surface area contributed by atoms with Gasteiger partial charge in [0.05, 0.1) is 11.3 Å². The molecule has 1 amide bonds. The molecule has 2 aromatic rings. The largest absolute Gasteiger partial charge is 0.489 e. The van der Waals surface area contributed by atoms with Crippen molar-refractivity contribution in [3.05, 3.63) is 46.8 Å². The average molecular weight is 380 g/mol. The SMILES string of the molecule is Cc1noc(C)c1COc1cccc(C(=O)N2CC(CN)CC2C)c1.Cl. The van der Waals surface area contributed by atoms with Crippen molar-refractivity contribution < 1.29 is 14.1 Å². The van der Waals surface area contributed by atoms with Gasteiger partial charge < -0.3 is 19.9 Å². The van der Waals surface area contributed by atoms with E-state index in [9.17, 15) is 4.79 Å². The van der Waals surface area contributed by atoms with Crippen LogP contribution in [0.4, 0.5) is 0 Å². The van der Waals surface area contributed by atoms with Crippen molar-refractivity contribution in [2.24, 2.45) is 11.7 Å². The van der Waals surface area contributed by atoms with Crippen molar-refractivity contribution in [3.63, 3.8) is 0 Å². The summed E-state index contributed by atoms with van der Waals surface area (Å²) < 4.78 is 11.0. The standard InChI is InChI=1S/C19H25N3O3.ClH/c1-12-7-15(9-20)10-22(12)19(23)16-5-4-6-17(8-16)24-11-18-13(2)21-25-14(18)3;/h4-6,8,12,15H,7,9-11,20H2,1-3H3;1H. The molecule has 0 radical (unpaired) electrons. The van der Waals surface area contributed by atoms with Gasteiger partial charge in [-0.2, -0.15) is 0 Å². The molecule has 2 atom stereocenters. The summed E-state index contributed by atoms with van der Waals surface area (Å²) in [7, 11) is 0. The predicted molar refractivity (Wildman–Crippen MR) is 102 cm³/mol. The molecular weight excluding hydrogens is 354 g/mol. The molecule has 2 unspecified atom stereocenters. The lowest BCUT2D eigenvalue weighted by Gasteiger charge is -2.21. The Morgan fingerprint density at radius 2 is 2.19 bits per heavy atom. The fourth-order valence-electron chi connectivity index (χ4n) is 3.34. The Morgan fingerprint density at radius 3 is 2.81 bits per heavy atom. The number of carbonyl (C=O) groups excluding carboxylic acids is 1. The molecule has 1 aromatic carbocycles. The summed E-state index contributed by atoms with van der Waals surface area (Å²) in [5, 5.41) is 3.92. The first-order valence-electron chi connectivity index (χ1n) is 8.65. The van der Waals surface area contributed by atoms with E-state index >= 15 is 0 Å². The fourth-order valence-corrected chi connectivity index (χ4v) is 3.34. The minimum absolute atomic E-state index is 0. The van der Waals surface area contributed by atoms with Crippen molar-refractivity contribution >= 4 is 18.3 Å². The molecule has 2 heterocycles. The van der Waals surface area contributed by atoms with E-state index in [-0.39, 0.29) is 24.4 Å². The molecule has 1 aliphatic rings. The van der Waals surface area contributed by atoms with E-state index in [1.165, 1.54) is 0 Å². The molecule has 2 N–H and O–H groups in total. The van der Waals surface area contributed by atoms with Gasteiger partial charge in [-0.15, -0.1) is 12.4 Å². The van der Waals surface area contributed by atoms with Crippen LogP contribution in [0, 0.1) is 19.8 Å². The summed E-state index contributed by atoms with van der Waals surface area (Å²) in [6, 6.07) is 7.53. The third-order valence-corrected chi connectivity index (χ3v) is 4.90. The molecule has 1 aliphatic heterocycles. The maximum absolute atomic E-state index is 12.8. The first kappa shape index (κ1) is 20.3. The molecule has 1 fully saturated rings. The van der Waals surface area contributed by atoms with Crippen LogP contribution in [0.1, 0.15) is 40.7 Å². The molecule has 142 valence electrons. The van der Waals surface area contributed by atoms with Crippen LogP contribution in [-0.2, 0) is 6.61 Å². The van der Waals surface area contributed by atoms with Crippen LogP contribution < -0.4 is 10.5 Å². The summed E-state index contributed by atoms with van der Waals surface area (Å²) in [5.74, 6) is 1.83. The zero-order chi connectivity index (χ0) is 18.0. The molecule has 1 aromatic heterocycles. The first-order chi connectivity index (χ1) is 12.0. The van der Waals surface area contributed by atoms with Gasteiger partial charge in [-0.1, -0.05) is 11.2 Å². The monoisotopic (exact) mass is 379 g/mol. The topological polar surface area (TPSA) is 81.6 Å². The highest BCUT2D eigenvalue weighted by molar-refractivity contribution is 5.95. The first-order valence-corrected chi connectivity index (χ1v) is 8.65. The summed E-state index contributed by atoms with van der Waals surface area (Å²) >= 11 is 0. The molecule has 26 heavy (non-hydrogen) atoms. The zero-order valence-electron chi connectivity index (χ0n) is 15.4. The van der Waals surface area contributed by atoms with Gasteiger partial charge in [0.2, 0.25) is 0 Å². The molecule has 6 nitrogen and oxygen atoms in total. The number of nitrogens with two attached hydrogens (primary N) is 1. The number of aromatic nitrogens is 1. The summed E-state index contributed by atoms with van der Waals surface area (Å²) in [6.07, 6.45) is 0.963. The van der Waals surface area contributed by atoms with E-state index < -0.39 is 0 Å². The second-order valence-electron chi connectivity index (χ2n) is 6.76. The van der Waals surface area contributed by atoms with Gasteiger partial charge in [0.15, 0.2) is 0 Å². The van der Waals surface area contributed by atoms with Crippen LogP contribution in [0.2, 0.25) is 0 Å². The van der Waals surface area contributed by atoms with Crippen LogP contribution in [0.15, 0.2) is 28.8 Å². The minimum Gasteiger partial charge on any atom is -0.489 e. The highest BCUT2D eigenvalue weighted by Gasteiger charge is 2.32. The maximum atomic E-state index is 12.8. The lowest BCUT2D eigenvalue weighted by molar-refractivity contribution is 0.0743. The number of carbonyl (C=O) groups is 1. The van der Waals surface area contributed by atoms with Crippen LogP contribution in [0.5, 0.6) is 5.75 Å². The van der Waals surface area contributed by atoms with E-state index in [1.54, 1.807) is 6.07 Å². The number of hydrogen-bond donors (Lipinski definition) is 1.